The Bertz CT molecular complexity index is 321. The molecule has 0 radical (unpaired) electrons. The fourth-order valence-corrected chi connectivity index (χ4v) is 2.46. The largest absolute Gasteiger partial charge is 0.481 e. The summed E-state index contributed by atoms with van der Waals surface area (Å²) in [7, 11) is 1.81. The first-order valence-electron chi connectivity index (χ1n) is 6.78. The highest BCUT2D eigenvalue weighted by atomic mass is 16.4. The molecule has 1 atom stereocenters. The molecule has 0 heterocycles. The average Bonchev–Trinajstić information content (AvgIpc) is 2.80. The zero-order chi connectivity index (χ0) is 13.9. The van der Waals surface area contributed by atoms with E-state index >= 15 is 0 Å². The van der Waals surface area contributed by atoms with Gasteiger partial charge in [0, 0.05) is 19.5 Å². The maximum atomic E-state index is 12.2. The van der Waals surface area contributed by atoms with Crippen molar-refractivity contribution in [2.24, 2.45) is 11.3 Å². The molecule has 18 heavy (non-hydrogen) atoms. The van der Waals surface area contributed by atoms with Crippen LogP contribution in [0, 0.1) is 11.3 Å². The minimum absolute atomic E-state index is 0.0412. The summed E-state index contributed by atoms with van der Waals surface area (Å²) >= 11 is 0. The highest BCUT2D eigenvalue weighted by molar-refractivity contribution is 5.85. The molecule has 1 aliphatic rings. The van der Waals surface area contributed by atoms with Gasteiger partial charge >= 0.3 is 5.97 Å². The molecule has 1 fully saturated rings. The SMILES string of the molecule is CC(C)C(C)(CC(=O)N(C)C1CCCC1)C(=O)O. The van der Waals surface area contributed by atoms with Crippen molar-refractivity contribution in [2.75, 3.05) is 7.05 Å². The van der Waals surface area contributed by atoms with E-state index in [0.29, 0.717) is 6.04 Å². The van der Waals surface area contributed by atoms with Crippen molar-refractivity contribution in [1.82, 2.24) is 4.90 Å². The number of rotatable bonds is 5. The van der Waals surface area contributed by atoms with Gasteiger partial charge in [-0.1, -0.05) is 26.7 Å². The molecular formula is C14H25NO3. The summed E-state index contributed by atoms with van der Waals surface area (Å²) in [6, 6.07) is 0.308. The fraction of sp³-hybridized carbons (Fsp3) is 0.857. The Morgan fingerprint density at radius 2 is 1.83 bits per heavy atom. The van der Waals surface area contributed by atoms with Crippen molar-refractivity contribution in [1.29, 1.82) is 0 Å². The summed E-state index contributed by atoms with van der Waals surface area (Å²) in [5.74, 6) is -0.984. The number of nitrogens with zero attached hydrogens (tertiary/aromatic N) is 1. The van der Waals surface area contributed by atoms with Gasteiger partial charge in [-0.15, -0.1) is 0 Å². The highest BCUT2D eigenvalue weighted by Crippen LogP contribution is 2.33. The highest BCUT2D eigenvalue weighted by Gasteiger charge is 2.40. The van der Waals surface area contributed by atoms with Gasteiger partial charge in [-0.2, -0.15) is 0 Å². The Balaban J connectivity index is 2.69. The molecule has 0 spiro atoms. The molecule has 1 N–H and O–H groups in total. The lowest BCUT2D eigenvalue weighted by Gasteiger charge is -2.32. The van der Waals surface area contributed by atoms with Crippen LogP contribution in [0.25, 0.3) is 0 Å². The molecule has 0 aliphatic heterocycles. The standard InChI is InChI=1S/C14H25NO3/c1-10(2)14(3,13(17)18)9-12(16)15(4)11-7-5-6-8-11/h10-11H,5-9H2,1-4H3,(H,17,18). The van der Waals surface area contributed by atoms with E-state index < -0.39 is 11.4 Å². The van der Waals surface area contributed by atoms with Crippen LogP contribution in [0.1, 0.15) is 52.9 Å². The first-order chi connectivity index (χ1) is 8.29. The van der Waals surface area contributed by atoms with Crippen LogP contribution in [0.15, 0.2) is 0 Å². The Labute approximate surface area is 109 Å². The van der Waals surface area contributed by atoms with Crippen LogP contribution in [-0.4, -0.2) is 35.0 Å². The molecule has 1 amide bonds. The van der Waals surface area contributed by atoms with E-state index in [1.165, 1.54) is 12.8 Å². The second kappa shape index (κ2) is 5.72. The van der Waals surface area contributed by atoms with Crippen LogP contribution < -0.4 is 0 Å². The van der Waals surface area contributed by atoms with E-state index in [1.54, 1.807) is 18.9 Å². The van der Waals surface area contributed by atoms with E-state index in [2.05, 4.69) is 0 Å². The van der Waals surface area contributed by atoms with Crippen molar-refractivity contribution in [2.45, 2.75) is 58.9 Å². The van der Waals surface area contributed by atoms with Crippen LogP contribution in [0.4, 0.5) is 0 Å². The number of carboxylic acid groups (broad SMARTS) is 1. The average molecular weight is 255 g/mol. The number of hydrogen-bond acceptors (Lipinski definition) is 2. The van der Waals surface area contributed by atoms with Crippen molar-refractivity contribution >= 4 is 11.9 Å². The maximum Gasteiger partial charge on any atom is 0.310 e. The third kappa shape index (κ3) is 3.03. The zero-order valence-electron chi connectivity index (χ0n) is 11.9. The van der Waals surface area contributed by atoms with E-state index in [9.17, 15) is 14.7 Å². The van der Waals surface area contributed by atoms with Gasteiger partial charge in [0.1, 0.15) is 0 Å². The number of aliphatic carboxylic acids is 1. The van der Waals surface area contributed by atoms with Crippen molar-refractivity contribution < 1.29 is 14.7 Å². The Kier molecular flexibility index (Phi) is 4.77. The molecule has 0 saturated heterocycles. The summed E-state index contributed by atoms with van der Waals surface area (Å²) in [5.41, 5.74) is -0.968. The summed E-state index contributed by atoms with van der Waals surface area (Å²) in [5, 5.41) is 9.33. The van der Waals surface area contributed by atoms with Gasteiger partial charge in [0.2, 0.25) is 5.91 Å². The third-order valence-corrected chi connectivity index (χ3v) is 4.55. The number of amides is 1. The molecule has 0 bridgehead atoms. The Morgan fingerprint density at radius 1 is 1.33 bits per heavy atom. The van der Waals surface area contributed by atoms with Gasteiger partial charge in [0.25, 0.3) is 0 Å². The minimum atomic E-state index is -0.968. The molecule has 0 aromatic heterocycles. The molecule has 4 nitrogen and oxygen atoms in total. The first-order valence-corrected chi connectivity index (χ1v) is 6.78. The topological polar surface area (TPSA) is 57.6 Å². The molecule has 1 unspecified atom stereocenters. The minimum Gasteiger partial charge on any atom is -0.481 e. The summed E-state index contributed by atoms with van der Waals surface area (Å²) in [6.07, 6.45) is 4.53. The van der Waals surface area contributed by atoms with Crippen LogP contribution in [0.2, 0.25) is 0 Å². The van der Waals surface area contributed by atoms with Gasteiger partial charge in [-0.05, 0) is 25.7 Å². The van der Waals surface area contributed by atoms with Gasteiger partial charge in [0.05, 0.1) is 5.41 Å². The Hall–Kier alpha value is -1.06. The van der Waals surface area contributed by atoms with Crippen LogP contribution in [-0.2, 0) is 9.59 Å². The Morgan fingerprint density at radius 3 is 2.22 bits per heavy atom. The van der Waals surface area contributed by atoms with Gasteiger partial charge in [-0.25, -0.2) is 0 Å². The lowest BCUT2D eigenvalue weighted by Crippen LogP contribution is -2.42. The second-order valence-corrected chi connectivity index (χ2v) is 6.00. The maximum absolute atomic E-state index is 12.2. The molecule has 104 valence electrons. The van der Waals surface area contributed by atoms with Crippen LogP contribution >= 0.6 is 0 Å². The number of carbonyl (C=O) groups excluding carboxylic acids is 1. The lowest BCUT2D eigenvalue weighted by molar-refractivity contribution is -0.155. The smallest absolute Gasteiger partial charge is 0.310 e. The number of hydrogen-bond donors (Lipinski definition) is 1. The predicted molar refractivity (Wildman–Crippen MR) is 70.2 cm³/mol. The van der Waals surface area contributed by atoms with Crippen LogP contribution in [0.5, 0.6) is 0 Å². The quantitative estimate of drug-likeness (QED) is 0.821. The lowest BCUT2D eigenvalue weighted by atomic mass is 9.76. The van der Waals surface area contributed by atoms with Crippen molar-refractivity contribution in [3.05, 3.63) is 0 Å². The third-order valence-electron chi connectivity index (χ3n) is 4.55. The van der Waals surface area contributed by atoms with E-state index in [1.807, 2.05) is 13.8 Å². The molecule has 1 saturated carbocycles. The van der Waals surface area contributed by atoms with E-state index in [-0.39, 0.29) is 18.2 Å². The fourth-order valence-electron chi connectivity index (χ4n) is 2.46. The second-order valence-electron chi connectivity index (χ2n) is 6.00. The van der Waals surface area contributed by atoms with Gasteiger partial charge in [0.15, 0.2) is 0 Å². The number of carbonyl (C=O) groups is 2. The van der Waals surface area contributed by atoms with Crippen molar-refractivity contribution in [3.8, 4) is 0 Å². The zero-order valence-corrected chi connectivity index (χ0v) is 11.9. The van der Waals surface area contributed by atoms with Crippen molar-refractivity contribution in [3.63, 3.8) is 0 Å². The molecule has 0 aromatic carbocycles. The molecule has 4 heteroatoms. The summed E-state index contributed by atoms with van der Waals surface area (Å²) in [4.78, 5) is 25.3. The molecule has 1 rings (SSSR count). The monoisotopic (exact) mass is 255 g/mol. The summed E-state index contributed by atoms with van der Waals surface area (Å²) < 4.78 is 0. The molecule has 0 aromatic rings. The van der Waals surface area contributed by atoms with E-state index in [0.717, 1.165) is 12.8 Å². The molecular weight excluding hydrogens is 230 g/mol. The predicted octanol–water partition coefficient (Wildman–Crippen LogP) is 2.52. The summed E-state index contributed by atoms with van der Waals surface area (Å²) in [6.45, 7) is 5.38. The first kappa shape index (κ1) is 15.0. The van der Waals surface area contributed by atoms with E-state index in [4.69, 9.17) is 0 Å². The van der Waals surface area contributed by atoms with Gasteiger partial charge < -0.3 is 10.0 Å². The van der Waals surface area contributed by atoms with Gasteiger partial charge in [-0.3, -0.25) is 9.59 Å². The molecule has 1 aliphatic carbocycles. The normalized spacial score (nSPS) is 19.8. The van der Waals surface area contributed by atoms with Crippen LogP contribution in [0.3, 0.4) is 0 Å². The number of carboxylic acids is 1.